The largest absolute Gasteiger partial charge is 0.476 e. The van der Waals surface area contributed by atoms with Gasteiger partial charge in [0.05, 0.1) is 4.92 Å². The van der Waals surface area contributed by atoms with Crippen LogP contribution in [-0.2, 0) is 4.79 Å². The monoisotopic (exact) mass is 284 g/mol. The van der Waals surface area contributed by atoms with Gasteiger partial charge in [0.15, 0.2) is 0 Å². The molecule has 0 fully saturated rings. The van der Waals surface area contributed by atoms with Gasteiger partial charge < -0.3 is 10.4 Å². The van der Waals surface area contributed by atoms with Crippen LogP contribution in [0.2, 0.25) is 0 Å². The van der Waals surface area contributed by atoms with Crippen LogP contribution in [0.15, 0.2) is 6.20 Å². The van der Waals surface area contributed by atoms with Gasteiger partial charge in [0.25, 0.3) is 0 Å². The highest BCUT2D eigenvalue weighted by molar-refractivity contribution is 5.90. The SMILES string of the molecule is CC(C)CNC(=O)C(C)n1cc([N+](=O)[O-])c(C(=O)O)n1. The van der Waals surface area contributed by atoms with Crippen molar-refractivity contribution >= 4 is 17.6 Å². The zero-order valence-electron chi connectivity index (χ0n) is 11.4. The Morgan fingerprint density at radius 1 is 1.50 bits per heavy atom. The third-order valence-electron chi connectivity index (χ3n) is 2.57. The number of aromatic nitrogens is 2. The number of hydrogen-bond acceptors (Lipinski definition) is 5. The highest BCUT2D eigenvalue weighted by Crippen LogP contribution is 2.19. The van der Waals surface area contributed by atoms with Crippen molar-refractivity contribution in [3.05, 3.63) is 22.0 Å². The van der Waals surface area contributed by atoms with E-state index in [0.29, 0.717) is 6.54 Å². The maximum Gasteiger partial charge on any atom is 0.363 e. The van der Waals surface area contributed by atoms with Crippen molar-refractivity contribution in [2.45, 2.75) is 26.8 Å². The number of rotatable bonds is 6. The zero-order valence-corrected chi connectivity index (χ0v) is 11.4. The van der Waals surface area contributed by atoms with Crippen LogP contribution in [0.3, 0.4) is 0 Å². The van der Waals surface area contributed by atoms with E-state index in [0.717, 1.165) is 10.9 Å². The number of carboxylic acid groups (broad SMARTS) is 1. The van der Waals surface area contributed by atoms with Crippen molar-refractivity contribution in [1.29, 1.82) is 0 Å². The van der Waals surface area contributed by atoms with Gasteiger partial charge in [0.1, 0.15) is 12.2 Å². The third kappa shape index (κ3) is 3.53. The molecule has 0 spiro atoms. The van der Waals surface area contributed by atoms with Gasteiger partial charge in [0, 0.05) is 6.54 Å². The summed E-state index contributed by atoms with van der Waals surface area (Å²) in [6, 6.07) is -0.833. The lowest BCUT2D eigenvalue weighted by Crippen LogP contribution is -2.33. The van der Waals surface area contributed by atoms with Gasteiger partial charge in [-0.2, -0.15) is 5.10 Å². The Morgan fingerprint density at radius 2 is 2.10 bits per heavy atom. The second-order valence-electron chi connectivity index (χ2n) is 4.72. The van der Waals surface area contributed by atoms with Gasteiger partial charge in [-0.3, -0.25) is 19.6 Å². The Morgan fingerprint density at radius 3 is 2.50 bits per heavy atom. The predicted octanol–water partition coefficient (Wildman–Crippen LogP) is 0.823. The van der Waals surface area contributed by atoms with E-state index in [-0.39, 0.29) is 11.8 Å². The summed E-state index contributed by atoms with van der Waals surface area (Å²) < 4.78 is 0.983. The minimum absolute atomic E-state index is 0.257. The number of amides is 1. The topological polar surface area (TPSA) is 127 Å². The molecule has 20 heavy (non-hydrogen) atoms. The Bertz CT molecular complexity index is 505. The summed E-state index contributed by atoms with van der Waals surface area (Å²) >= 11 is 0. The lowest BCUT2D eigenvalue weighted by Gasteiger charge is -2.13. The summed E-state index contributed by atoms with van der Waals surface area (Å²) in [5.74, 6) is -1.63. The second-order valence-corrected chi connectivity index (χ2v) is 4.72. The number of carboxylic acids is 1. The summed E-state index contributed by atoms with van der Waals surface area (Å²) in [4.78, 5) is 32.6. The van der Waals surface area contributed by atoms with Gasteiger partial charge in [-0.05, 0) is 12.8 Å². The molecule has 1 aromatic rings. The molecule has 1 atom stereocenters. The lowest BCUT2D eigenvalue weighted by molar-refractivity contribution is -0.385. The molecule has 0 aromatic carbocycles. The van der Waals surface area contributed by atoms with Crippen molar-refractivity contribution in [3.63, 3.8) is 0 Å². The fourth-order valence-corrected chi connectivity index (χ4v) is 1.44. The first-order valence-corrected chi connectivity index (χ1v) is 5.98. The van der Waals surface area contributed by atoms with Crippen LogP contribution in [0.5, 0.6) is 0 Å². The number of nitrogens with one attached hydrogen (secondary N) is 1. The van der Waals surface area contributed by atoms with Crippen LogP contribution >= 0.6 is 0 Å². The molecule has 1 rings (SSSR count). The predicted molar refractivity (Wildman–Crippen MR) is 68.4 cm³/mol. The number of aromatic carboxylic acids is 1. The number of hydrogen-bond donors (Lipinski definition) is 2. The van der Waals surface area contributed by atoms with Crippen LogP contribution < -0.4 is 5.32 Å². The standard InChI is InChI=1S/C11H16N4O5/c1-6(2)4-12-10(16)7(3)14-5-8(15(19)20)9(13-14)11(17)18/h5-7H,4H2,1-3H3,(H,12,16)(H,17,18). The fraction of sp³-hybridized carbons (Fsp3) is 0.545. The molecule has 0 radical (unpaired) electrons. The van der Waals surface area contributed by atoms with Crippen LogP contribution in [0.1, 0.15) is 37.3 Å². The summed E-state index contributed by atoms with van der Waals surface area (Å²) in [6.45, 7) is 5.79. The molecule has 0 saturated heterocycles. The molecule has 0 aliphatic rings. The van der Waals surface area contributed by atoms with Crippen molar-refractivity contribution < 1.29 is 19.6 Å². The quantitative estimate of drug-likeness (QED) is 0.588. The van der Waals surface area contributed by atoms with E-state index < -0.39 is 28.3 Å². The second kappa shape index (κ2) is 6.13. The van der Waals surface area contributed by atoms with E-state index in [4.69, 9.17) is 5.11 Å². The van der Waals surface area contributed by atoms with E-state index >= 15 is 0 Å². The Labute approximate surface area is 114 Å². The van der Waals surface area contributed by atoms with Gasteiger partial charge in [0.2, 0.25) is 11.6 Å². The van der Waals surface area contributed by atoms with Gasteiger partial charge in [-0.1, -0.05) is 13.8 Å². The maximum absolute atomic E-state index is 11.8. The normalized spacial score (nSPS) is 12.2. The number of carbonyl (C=O) groups excluding carboxylic acids is 1. The lowest BCUT2D eigenvalue weighted by atomic mass is 10.2. The number of nitro groups is 1. The zero-order chi connectivity index (χ0) is 15.4. The van der Waals surface area contributed by atoms with E-state index in [1.54, 1.807) is 0 Å². The first kappa shape index (κ1) is 15.6. The molecule has 0 aliphatic heterocycles. The summed E-state index contributed by atoms with van der Waals surface area (Å²) in [5, 5.41) is 25.8. The molecular weight excluding hydrogens is 268 g/mol. The van der Waals surface area contributed by atoms with E-state index in [9.17, 15) is 19.7 Å². The Hall–Kier alpha value is -2.45. The van der Waals surface area contributed by atoms with E-state index in [1.165, 1.54) is 6.92 Å². The van der Waals surface area contributed by atoms with Crippen molar-refractivity contribution in [1.82, 2.24) is 15.1 Å². The Kier molecular flexibility index (Phi) is 4.78. The molecule has 2 N–H and O–H groups in total. The smallest absolute Gasteiger partial charge is 0.363 e. The summed E-state index contributed by atoms with van der Waals surface area (Å²) in [6.07, 6.45) is 0.947. The molecule has 9 heteroatoms. The third-order valence-corrected chi connectivity index (χ3v) is 2.57. The molecule has 110 valence electrons. The van der Waals surface area contributed by atoms with Crippen LogP contribution in [0.4, 0.5) is 5.69 Å². The van der Waals surface area contributed by atoms with Crippen LogP contribution in [0, 0.1) is 16.0 Å². The molecule has 1 amide bonds. The highest BCUT2D eigenvalue weighted by Gasteiger charge is 2.28. The van der Waals surface area contributed by atoms with Gasteiger partial charge >= 0.3 is 11.7 Å². The molecular formula is C11H16N4O5. The van der Waals surface area contributed by atoms with Gasteiger partial charge in [-0.25, -0.2) is 4.79 Å². The first-order chi connectivity index (χ1) is 9.23. The van der Waals surface area contributed by atoms with Crippen LogP contribution in [-0.4, -0.2) is 38.2 Å². The first-order valence-electron chi connectivity index (χ1n) is 5.98. The fourth-order valence-electron chi connectivity index (χ4n) is 1.44. The minimum Gasteiger partial charge on any atom is -0.476 e. The molecule has 0 bridgehead atoms. The molecule has 1 heterocycles. The molecule has 9 nitrogen and oxygen atoms in total. The summed E-state index contributed by atoms with van der Waals surface area (Å²) in [7, 11) is 0. The Balaban J connectivity index is 2.96. The number of nitrogens with zero attached hydrogens (tertiary/aromatic N) is 3. The molecule has 1 aromatic heterocycles. The van der Waals surface area contributed by atoms with E-state index in [2.05, 4.69) is 10.4 Å². The molecule has 0 saturated carbocycles. The minimum atomic E-state index is -1.51. The highest BCUT2D eigenvalue weighted by atomic mass is 16.6. The molecule has 1 unspecified atom stereocenters. The maximum atomic E-state index is 11.8. The van der Waals surface area contributed by atoms with Crippen molar-refractivity contribution in [2.75, 3.05) is 6.54 Å². The van der Waals surface area contributed by atoms with Crippen molar-refractivity contribution in [2.24, 2.45) is 5.92 Å². The van der Waals surface area contributed by atoms with E-state index in [1.807, 2.05) is 13.8 Å². The average molecular weight is 284 g/mol. The summed E-state index contributed by atoms with van der Waals surface area (Å²) in [5.41, 5.74) is -1.32. The van der Waals surface area contributed by atoms with Gasteiger partial charge in [-0.15, -0.1) is 0 Å². The molecule has 0 aliphatic carbocycles. The van der Waals surface area contributed by atoms with Crippen LogP contribution in [0.25, 0.3) is 0 Å². The van der Waals surface area contributed by atoms with Crippen molar-refractivity contribution in [3.8, 4) is 0 Å². The number of carbonyl (C=O) groups is 2. The average Bonchev–Trinajstić information content (AvgIpc) is 2.80.